The van der Waals surface area contributed by atoms with Crippen molar-refractivity contribution in [1.82, 2.24) is 10.2 Å². The molecule has 1 aromatic carbocycles. The lowest BCUT2D eigenvalue weighted by Crippen LogP contribution is -2.61. The number of nitrogens with zero attached hydrogens (tertiary/aromatic N) is 1. The monoisotopic (exact) mass is 292 g/mol. The quantitative estimate of drug-likeness (QED) is 0.842. The third-order valence-corrected chi connectivity index (χ3v) is 4.48. The van der Waals surface area contributed by atoms with Crippen LogP contribution < -0.4 is 5.32 Å². The van der Waals surface area contributed by atoms with Crippen LogP contribution in [0, 0.1) is 0 Å². The summed E-state index contributed by atoms with van der Waals surface area (Å²) < 4.78 is 5.47. The number of benzene rings is 1. The van der Waals surface area contributed by atoms with Crippen LogP contribution in [0.15, 0.2) is 24.3 Å². The van der Waals surface area contributed by atoms with Gasteiger partial charge in [-0.2, -0.15) is 0 Å². The third-order valence-electron chi connectivity index (χ3n) is 4.48. The predicted molar refractivity (Wildman–Crippen MR) is 85.7 cm³/mol. The second-order valence-electron chi connectivity index (χ2n) is 6.24. The van der Waals surface area contributed by atoms with Gasteiger partial charge in [0.2, 0.25) is 0 Å². The Morgan fingerprint density at radius 3 is 2.67 bits per heavy atom. The van der Waals surface area contributed by atoms with Gasteiger partial charge in [-0.05, 0) is 44.5 Å². The number of ether oxygens (including phenoxy) is 1. The summed E-state index contributed by atoms with van der Waals surface area (Å²) in [5, 5.41) is 13.3. The van der Waals surface area contributed by atoms with Gasteiger partial charge < -0.3 is 15.2 Å². The fourth-order valence-corrected chi connectivity index (χ4v) is 3.10. The van der Waals surface area contributed by atoms with E-state index in [2.05, 4.69) is 37.1 Å². The highest BCUT2D eigenvalue weighted by atomic mass is 16.5. The maximum Gasteiger partial charge on any atom is 0.115 e. The predicted octanol–water partition coefficient (Wildman–Crippen LogP) is 2.02. The van der Waals surface area contributed by atoms with Gasteiger partial charge in [0.25, 0.3) is 0 Å². The highest BCUT2D eigenvalue weighted by Crippen LogP contribution is 2.24. The van der Waals surface area contributed by atoms with E-state index in [1.54, 1.807) is 6.07 Å². The van der Waals surface area contributed by atoms with E-state index >= 15 is 0 Å². The maximum atomic E-state index is 9.66. The normalized spacial score (nSPS) is 18.6. The molecule has 1 fully saturated rings. The fraction of sp³-hybridized carbons (Fsp3) is 0.647. The Morgan fingerprint density at radius 2 is 2.05 bits per heavy atom. The van der Waals surface area contributed by atoms with Crippen LogP contribution in [0.4, 0.5) is 0 Å². The Labute approximate surface area is 128 Å². The number of rotatable bonds is 6. The Balaban J connectivity index is 2.12. The van der Waals surface area contributed by atoms with Crippen LogP contribution >= 0.6 is 0 Å². The largest absolute Gasteiger partial charge is 0.508 e. The van der Waals surface area contributed by atoms with Gasteiger partial charge >= 0.3 is 0 Å². The van der Waals surface area contributed by atoms with E-state index in [1.807, 2.05) is 12.1 Å². The second kappa shape index (κ2) is 7.25. The zero-order valence-electron chi connectivity index (χ0n) is 13.4. The summed E-state index contributed by atoms with van der Waals surface area (Å²) >= 11 is 0. The van der Waals surface area contributed by atoms with E-state index in [0.717, 1.165) is 39.3 Å². The Bertz CT molecular complexity index is 442. The molecule has 118 valence electrons. The Morgan fingerprint density at radius 1 is 1.33 bits per heavy atom. The molecule has 1 heterocycles. The van der Waals surface area contributed by atoms with Gasteiger partial charge in [0, 0.05) is 24.7 Å². The summed E-state index contributed by atoms with van der Waals surface area (Å²) in [6.45, 7) is 11.3. The highest BCUT2D eigenvalue weighted by Gasteiger charge is 2.35. The van der Waals surface area contributed by atoms with Gasteiger partial charge in [-0.15, -0.1) is 0 Å². The smallest absolute Gasteiger partial charge is 0.115 e. The lowest BCUT2D eigenvalue weighted by Gasteiger charge is -2.46. The van der Waals surface area contributed by atoms with Gasteiger partial charge in [-0.1, -0.05) is 19.1 Å². The summed E-state index contributed by atoms with van der Waals surface area (Å²) in [7, 11) is 0. The number of hydrogen-bond acceptors (Lipinski definition) is 4. The molecule has 0 amide bonds. The molecule has 4 heteroatoms. The summed E-state index contributed by atoms with van der Waals surface area (Å²) in [5.41, 5.74) is 1.22. The molecule has 21 heavy (non-hydrogen) atoms. The van der Waals surface area contributed by atoms with Crippen molar-refractivity contribution in [3.05, 3.63) is 29.8 Å². The Kier molecular flexibility index (Phi) is 5.62. The summed E-state index contributed by atoms with van der Waals surface area (Å²) in [6, 6.07) is 7.91. The number of nitrogens with one attached hydrogen (secondary N) is 1. The maximum absolute atomic E-state index is 9.66. The van der Waals surface area contributed by atoms with E-state index in [0.29, 0.717) is 11.8 Å². The van der Waals surface area contributed by atoms with Crippen molar-refractivity contribution in [2.45, 2.75) is 38.8 Å². The van der Waals surface area contributed by atoms with Crippen molar-refractivity contribution in [2.75, 3.05) is 32.8 Å². The second-order valence-corrected chi connectivity index (χ2v) is 6.24. The number of phenolic OH excluding ortho intramolecular Hbond substituents is 1. The molecule has 1 unspecified atom stereocenters. The van der Waals surface area contributed by atoms with Gasteiger partial charge in [-0.25, -0.2) is 0 Å². The van der Waals surface area contributed by atoms with Gasteiger partial charge in [0.15, 0.2) is 0 Å². The van der Waals surface area contributed by atoms with Crippen molar-refractivity contribution in [2.24, 2.45) is 0 Å². The molecular formula is C17H28N2O2. The molecule has 2 rings (SSSR count). The van der Waals surface area contributed by atoms with Crippen LogP contribution in [0.5, 0.6) is 5.75 Å². The first-order valence-corrected chi connectivity index (χ1v) is 7.88. The van der Waals surface area contributed by atoms with Crippen LogP contribution in [0.3, 0.4) is 0 Å². The number of hydrogen-bond donors (Lipinski definition) is 2. The van der Waals surface area contributed by atoms with E-state index in [9.17, 15) is 5.11 Å². The molecule has 0 spiro atoms. The van der Waals surface area contributed by atoms with Crippen molar-refractivity contribution >= 4 is 0 Å². The van der Waals surface area contributed by atoms with Crippen molar-refractivity contribution < 1.29 is 9.84 Å². The number of morpholine rings is 1. The van der Waals surface area contributed by atoms with Crippen LogP contribution in [0.2, 0.25) is 0 Å². The SMILES string of the molecule is CCNC(Cc1cccc(O)c1)C(C)(C)N1CCOCC1. The first-order chi connectivity index (χ1) is 10.0. The molecule has 4 nitrogen and oxygen atoms in total. The van der Waals surface area contributed by atoms with E-state index in [1.165, 1.54) is 5.56 Å². The average Bonchev–Trinajstić information content (AvgIpc) is 2.48. The van der Waals surface area contributed by atoms with Gasteiger partial charge in [0.05, 0.1) is 13.2 Å². The van der Waals surface area contributed by atoms with Crippen LogP contribution in [-0.2, 0) is 11.2 Å². The van der Waals surface area contributed by atoms with Crippen molar-refractivity contribution in [3.63, 3.8) is 0 Å². The fourth-order valence-electron chi connectivity index (χ4n) is 3.10. The van der Waals surface area contributed by atoms with E-state index < -0.39 is 0 Å². The summed E-state index contributed by atoms with van der Waals surface area (Å²) in [5.74, 6) is 0.340. The van der Waals surface area contributed by atoms with Crippen molar-refractivity contribution in [3.8, 4) is 5.75 Å². The minimum Gasteiger partial charge on any atom is -0.508 e. The Hall–Kier alpha value is -1.10. The molecule has 1 saturated heterocycles. The van der Waals surface area contributed by atoms with Crippen molar-refractivity contribution in [1.29, 1.82) is 0 Å². The van der Waals surface area contributed by atoms with E-state index in [-0.39, 0.29) is 5.54 Å². The lowest BCUT2D eigenvalue weighted by atomic mass is 9.87. The molecule has 1 aliphatic rings. The third kappa shape index (κ3) is 4.19. The van der Waals surface area contributed by atoms with Crippen LogP contribution in [-0.4, -0.2) is 54.4 Å². The van der Waals surface area contributed by atoms with Crippen LogP contribution in [0.1, 0.15) is 26.3 Å². The first kappa shape index (κ1) is 16.3. The molecule has 2 N–H and O–H groups in total. The zero-order chi connectivity index (χ0) is 15.3. The summed E-state index contributed by atoms with van der Waals surface area (Å²) in [4.78, 5) is 2.51. The topological polar surface area (TPSA) is 44.7 Å². The molecular weight excluding hydrogens is 264 g/mol. The molecule has 0 bridgehead atoms. The molecule has 0 radical (unpaired) electrons. The molecule has 0 aromatic heterocycles. The summed E-state index contributed by atoms with van der Waals surface area (Å²) in [6.07, 6.45) is 0.909. The minimum absolute atomic E-state index is 0.0469. The first-order valence-electron chi connectivity index (χ1n) is 7.88. The number of phenols is 1. The molecule has 0 aliphatic carbocycles. The molecule has 0 saturated carbocycles. The van der Waals surface area contributed by atoms with Gasteiger partial charge in [0.1, 0.15) is 5.75 Å². The highest BCUT2D eigenvalue weighted by molar-refractivity contribution is 5.28. The molecule has 1 atom stereocenters. The number of aromatic hydroxyl groups is 1. The average molecular weight is 292 g/mol. The van der Waals surface area contributed by atoms with E-state index in [4.69, 9.17) is 4.74 Å². The zero-order valence-corrected chi connectivity index (χ0v) is 13.4. The minimum atomic E-state index is 0.0469. The van der Waals surface area contributed by atoms with Crippen LogP contribution in [0.25, 0.3) is 0 Å². The molecule has 1 aromatic rings. The standard InChI is InChI=1S/C17H28N2O2/c1-4-18-16(13-14-6-5-7-15(20)12-14)17(2,3)19-8-10-21-11-9-19/h5-7,12,16,18,20H,4,8-11,13H2,1-3H3. The van der Waals surface area contributed by atoms with Gasteiger partial charge in [-0.3, -0.25) is 4.90 Å². The number of likely N-dealkylation sites (N-methyl/N-ethyl adjacent to an activating group) is 1. The molecule has 1 aliphatic heterocycles. The lowest BCUT2D eigenvalue weighted by molar-refractivity contribution is -0.0230.